The van der Waals surface area contributed by atoms with Crippen LogP contribution in [0.4, 0.5) is 0 Å². The van der Waals surface area contributed by atoms with Crippen molar-refractivity contribution in [2.45, 2.75) is 64.7 Å². The van der Waals surface area contributed by atoms with Crippen molar-refractivity contribution >= 4 is 5.78 Å². The molecule has 5 atom stereocenters. The number of Topliss-reactive ketones (excluding diaryl/α,β-unsaturated/α-hetero) is 1. The summed E-state index contributed by atoms with van der Waals surface area (Å²) >= 11 is 0. The highest BCUT2D eigenvalue weighted by Crippen LogP contribution is 2.62. The number of carbonyl (C=O) groups excluding carboxylic acids is 1. The van der Waals surface area contributed by atoms with Gasteiger partial charge < -0.3 is 5.11 Å². The third-order valence-electron chi connectivity index (χ3n) is 7.21. The van der Waals surface area contributed by atoms with E-state index in [0.29, 0.717) is 35.2 Å². The van der Waals surface area contributed by atoms with E-state index >= 15 is 0 Å². The number of phenolic OH excluding ortho intramolecular Hbond substituents is 1. The Morgan fingerprint density at radius 2 is 2.13 bits per heavy atom. The summed E-state index contributed by atoms with van der Waals surface area (Å²) in [7, 11) is 0. The van der Waals surface area contributed by atoms with Gasteiger partial charge in [0, 0.05) is 11.8 Å². The SMILES string of the molecule is CCCC1CC(=O)C2(C)CCC3c4ccc(O)cc4CCC3C12. The molecular formula is C21H28O2. The Kier molecular flexibility index (Phi) is 3.55. The molecule has 23 heavy (non-hydrogen) atoms. The summed E-state index contributed by atoms with van der Waals surface area (Å²) in [6.45, 7) is 4.51. The molecule has 0 aliphatic heterocycles. The number of fused-ring (bicyclic) bond motifs is 5. The lowest BCUT2D eigenvalue weighted by molar-refractivity contribution is -0.129. The highest BCUT2D eigenvalue weighted by molar-refractivity contribution is 5.87. The van der Waals surface area contributed by atoms with Gasteiger partial charge in [-0.2, -0.15) is 0 Å². The van der Waals surface area contributed by atoms with Crippen LogP contribution in [0, 0.1) is 23.2 Å². The second kappa shape index (κ2) is 5.36. The second-order valence-electron chi connectivity index (χ2n) is 8.35. The molecule has 0 bridgehead atoms. The Hall–Kier alpha value is -1.31. The van der Waals surface area contributed by atoms with Gasteiger partial charge in [0.05, 0.1) is 0 Å². The molecule has 2 saturated carbocycles. The summed E-state index contributed by atoms with van der Waals surface area (Å²) in [5.74, 6) is 3.37. The second-order valence-corrected chi connectivity index (χ2v) is 8.35. The average molecular weight is 312 g/mol. The van der Waals surface area contributed by atoms with E-state index in [2.05, 4.69) is 19.9 Å². The minimum absolute atomic E-state index is 0.0601. The van der Waals surface area contributed by atoms with Crippen LogP contribution in [0.25, 0.3) is 0 Å². The van der Waals surface area contributed by atoms with Crippen LogP contribution in [-0.4, -0.2) is 10.9 Å². The molecule has 4 rings (SSSR count). The largest absolute Gasteiger partial charge is 0.508 e. The van der Waals surface area contributed by atoms with Gasteiger partial charge in [0.25, 0.3) is 0 Å². The maximum atomic E-state index is 12.7. The van der Waals surface area contributed by atoms with E-state index in [9.17, 15) is 9.90 Å². The van der Waals surface area contributed by atoms with Crippen LogP contribution in [0.15, 0.2) is 18.2 Å². The van der Waals surface area contributed by atoms with Gasteiger partial charge in [-0.05, 0) is 79.0 Å². The van der Waals surface area contributed by atoms with Crippen LogP contribution < -0.4 is 0 Å². The maximum Gasteiger partial charge on any atom is 0.139 e. The number of benzene rings is 1. The molecule has 1 aromatic carbocycles. The van der Waals surface area contributed by atoms with Gasteiger partial charge in [-0.15, -0.1) is 0 Å². The first-order valence-electron chi connectivity index (χ1n) is 9.39. The lowest BCUT2D eigenvalue weighted by Crippen LogP contribution is -2.44. The van der Waals surface area contributed by atoms with Crippen LogP contribution in [-0.2, 0) is 11.2 Å². The Balaban J connectivity index is 1.72. The van der Waals surface area contributed by atoms with Gasteiger partial charge in [0.2, 0.25) is 0 Å². The number of hydrogen-bond donors (Lipinski definition) is 1. The summed E-state index contributed by atoms with van der Waals surface area (Å²) in [6.07, 6.45) is 7.66. The highest BCUT2D eigenvalue weighted by Gasteiger charge is 2.58. The van der Waals surface area contributed by atoms with Crippen molar-refractivity contribution in [2.75, 3.05) is 0 Å². The van der Waals surface area contributed by atoms with E-state index in [1.165, 1.54) is 30.4 Å². The van der Waals surface area contributed by atoms with Crippen LogP contribution in [0.5, 0.6) is 5.75 Å². The fraction of sp³-hybridized carbons (Fsp3) is 0.667. The molecule has 3 aliphatic rings. The summed E-state index contributed by atoms with van der Waals surface area (Å²) in [4.78, 5) is 12.7. The van der Waals surface area contributed by atoms with Crippen LogP contribution in [0.2, 0.25) is 0 Å². The van der Waals surface area contributed by atoms with E-state index in [4.69, 9.17) is 0 Å². The Bertz CT molecular complexity index is 635. The van der Waals surface area contributed by atoms with Crippen LogP contribution in [0.1, 0.15) is 69.4 Å². The predicted octanol–water partition coefficient (Wildman–Crippen LogP) is 4.84. The first kappa shape index (κ1) is 15.2. The number of aryl methyl sites for hydroxylation is 1. The van der Waals surface area contributed by atoms with E-state index in [1.54, 1.807) is 0 Å². The zero-order valence-corrected chi connectivity index (χ0v) is 14.3. The van der Waals surface area contributed by atoms with E-state index in [0.717, 1.165) is 25.7 Å². The minimum Gasteiger partial charge on any atom is -0.508 e. The van der Waals surface area contributed by atoms with Crippen molar-refractivity contribution in [2.24, 2.45) is 23.2 Å². The number of hydrogen-bond acceptors (Lipinski definition) is 2. The molecule has 5 unspecified atom stereocenters. The molecule has 124 valence electrons. The summed E-state index contributed by atoms with van der Waals surface area (Å²) < 4.78 is 0. The molecule has 2 nitrogen and oxygen atoms in total. The van der Waals surface area contributed by atoms with Crippen molar-refractivity contribution in [1.29, 1.82) is 0 Å². The fourth-order valence-corrected chi connectivity index (χ4v) is 6.26. The standard InChI is InChI=1S/C21H28O2/c1-3-4-14-12-19(23)21(2)10-9-17-16-8-6-15(22)11-13(16)5-7-18(17)20(14)21/h6,8,11,14,17-18,20,22H,3-5,7,9-10,12H2,1-2H3. The molecule has 0 amide bonds. The lowest BCUT2D eigenvalue weighted by atomic mass is 9.54. The van der Waals surface area contributed by atoms with E-state index in [1.807, 2.05) is 12.1 Å². The smallest absolute Gasteiger partial charge is 0.139 e. The topological polar surface area (TPSA) is 37.3 Å². The predicted molar refractivity (Wildman–Crippen MR) is 91.5 cm³/mol. The van der Waals surface area contributed by atoms with Crippen molar-refractivity contribution in [3.63, 3.8) is 0 Å². The van der Waals surface area contributed by atoms with Gasteiger partial charge in [0.15, 0.2) is 0 Å². The highest BCUT2D eigenvalue weighted by atomic mass is 16.3. The monoisotopic (exact) mass is 312 g/mol. The molecule has 0 heterocycles. The minimum atomic E-state index is -0.0601. The normalized spacial score (nSPS) is 38.8. The fourth-order valence-electron chi connectivity index (χ4n) is 6.26. The first-order valence-corrected chi connectivity index (χ1v) is 9.39. The zero-order chi connectivity index (χ0) is 16.2. The maximum absolute atomic E-state index is 12.7. The molecule has 0 radical (unpaired) electrons. The molecular weight excluding hydrogens is 284 g/mol. The Morgan fingerprint density at radius 1 is 1.30 bits per heavy atom. The molecule has 0 aromatic heterocycles. The van der Waals surface area contributed by atoms with Gasteiger partial charge in [-0.25, -0.2) is 0 Å². The van der Waals surface area contributed by atoms with Crippen molar-refractivity contribution in [1.82, 2.24) is 0 Å². The van der Waals surface area contributed by atoms with Crippen molar-refractivity contribution in [3.05, 3.63) is 29.3 Å². The van der Waals surface area contributed by atoms with Gasteiger partial charge in [-0.1, -0.05) is 26.3 Å². The van der Waals surface area contributed by atoms with Gasteiger partial charge in [-0.3, -0.25) is 4.79 Å². The number of carbonyl (C=O) groups is 1. The number of ketones is 1. The van der Waals surface area contributed by atoms with Gasteiger partial charge in [0.1, 0.15) is 11.5 Å². The third kappa shape index (κ3) is 2.17. The zero-order valence-electron chi connectivity index (χ0n) is 14.3. The summed E-state index contributed by atoms with van der Waals surface area (Å²) in [5.41, 5.74) is 2.73. The third-order valence-corrected chi connectivity index (χ3v) is 7.21. The van der Waals surface area contributed by atoms with Crippen LogP contribution >= 0.6 is 0 Å². The van der Waals surface area contributed by atoms with Crippen molar-refractivity contribution in [3.8, 4) is 5.75 Å². The number of rotatable bonds is 2. The van der Waals surface area contributed by atoms with Crippen molar-refractivity contribution < 1.29 is 9.90 Å². The molecule has 0 saturated heterocycles. The Labute approximate surface area is 139 Å². The number of aromatic hydroxyl groups is 1. The quantitative estimate of drug-likeness (QED) is 0.848. The van der Waals surface area contributed by atoms with E-state index < -0.39 is 0 Å². The first-order chi connectivity index (χ1) is 11.0. The van der Waals surface area contributed by atoms with Gasteiger partial charge >= 0.3 is 0 Å². The lowest BCUT2D eigenvalue weighted by Gasteiger charge is -2.50. The number of phenols is 1. The van der Waals surface area contributed by atoms with Crippen LogP contribution in [0.3, 0.4) is 0 Å². The Morgan fingerprint density at radius 3 is 2.91 bits per heavy atom. The molecule has 1 aromatic rings. The molecule has 2 heteroatoms. The average Bonchev–Trinajstić information content (AvgIpc) is 2.78. The summed E-state index contributed by atoms with van der Waals surface area (Å²) in [5, 5.41) is 9.78. The summed E-state index contributed by atoms with van der Waals surface area (Å²) in [6, 6.07) is 5.96. The molecule has 0 spiro atoms. The van der Waals surface area contributed by atoms with E-state index in [-0.39, 0.29) is 5.41 Å². The molecule has 2 fully saturated rings. The molecule has 1 N–H and O–H groups in total. The molecule has 3 aliphatic carbocycles.